The lowest BCUT2D eigenvalue weighted by Crippen LogP contribution is -2.51. The number of hydrogen-bond acceptors (Lipinski definition) is 4. The maximum atomic E-state index is 13.0. The van der Waals surface area contributed by atoms with Crippen LogP contribution in [0.2, 0.25) is 5.02 Å². The molecule has 182 valence electrons. The number of amides is 1. The molecule has 1 aromatic carbocycles. The number of rotatable bonds is 4. The second-order valence-electron chi connectivity index (χ2n) is 9.36. The highest BCUT2D eigenvalue weighted by Gasteiger charge is 2.36. The van der Waals surface area contributed by atoms with Gasteiger partial charge in [-0.05, 0) is 54.7 Å². The van der Waals surface area contributed by atoms with E-state index in [1.807, 2.05) is 23.1 Å². The van der Waals surface area contributed by atoms with Crippen molar-refractivity contribution in [2.24, 2.45) is 7.05 Å². The molecule has 0 saturated carbocycles. The Bertz CT molecular complexity index is 1200. The fourth-order valence-electron chi connectivity index (χ4n) is 5.69. The average Bonchev–Trinajstić information content (AvgIpc) is 3.31. The lowest BCUT2D eigenvalue weighted by Gasteiger charge is -2.33. The summed E-state index contributed by atoms with van der Waals surface area (Å²) in [6, 6.07) is 13.2. The molecule has 0 spiro atoms. The molecule has 2 atom stereocenters. The molecule has 3 aromatic rings. The number of anilines is 1. The third kappa shape index (κ3) is 4.42. The molecule has 3 aliphatic heterocycles. The van der Waals surface area contributed by atoms with Crippen LogP contribution in [-0.4, -0.2) is 52.6 Å². The summed E-state index contributed by atoms with van der Waals surface area (Å²) in [4.78, 5) is 22.1. The first-order chi connectivity index (χ1) is 15.6. The number of carbonyl (C=O) groups excluding carboxylic acids is 1. The molecule has 34 heavy (non-hydrogen) atoms. The van der Waals surface area contributed by atoms with Crippen molar-refractivity contribution in [3.63, 3.8) is 0 Å². The number of benzene rings is 1. The highest BCUT2D eigenvalue weighted by atomic mass is 35.5. The molecule has 6 nitrogen and oxygen atoms in total. The molecular weight excluding hydrogens is 493 g/mol. The number of nitrogens with one attached hydrogen (secondary N) is 1. The summed E-state index contributed by atoms with van der Waals surface area (Å²) in [7, 11) is 2.12. The molecule has 3 aliphatic rings. The number of carbonyl (C=O) groups is 1. The Labute approximate surface area is 217 Å². The van der Waals surface area contributed by atoms with E-state index < -0.39 is 0 Å². The largest absolute Gasteiger partial charge is 0.332 e. The van der Waals surface area contributed by atoms with Crippen LogP contribution in [0.5, 0.6) is 0 Å². The van der Waals surface area contributed by atoms with Gasteiger partial charge in [0, 0.05) is 61.3 Å². The van der Waals surface area contributed by atoms with Crippen LogP contribution in [0.4, 0.5) is 5.82 Å². The van der Waals surface area contributed by atoms with Crippen molar-refractivity contribution in [1.29, 1.82) is 0 Å². The molecule has 1 N–H and O–H groups in total. The van der Waals surface area contributed by atoms with Gasteiger partial charge in [0.15, 0.2) is 0 Å². The van der Waals surface area contributed by atoms with Gasteiger partial charge >= 0.3 is 0 Å². The Kier molecular flexibility index (Phi) is 7.46. The summed E-state index contributed by atoms with van der Waals surface area (Å²) in [6.07, 6.45) is 4.44. The molecule has 0 radical (unpaired) electrons. The zero-order chi connectivity index (χ0) is 21.8. The highest BCUT2D eigenvalue weighted by Crippen LogP contribution is 2.41. The number of halogens is 3. The predicted molar refractivity (Wildman–Crippen MR) is 142 cm³/mol. The minimum absolute atomic E-state index is 0. The highest BCUT2D eigenvalue weighted by molar-refractivity contribution is 6.30. The number of aryl methyl sites for hydroxylation is 1. The van der Waals surface area contributed by atoms with Crippen LogP contribution in [-0.2, 0) is 24.7 Å². The second kappa shape index (κ2) is 10.0. The van der Waals surface area contributed by atoms with Crippen molar-refractivity contribution >= 4 is 59.2 Å². The van der Waals surface area contributed by atoms with Gasteiger partial charge in [-0.1, -0.05) is 23.7 Å². The summed E-state index contributed by atoms with van der Waals surface area (Å²) >= 11 is 5.97. The van der Waals surface area contributed by atoms with E-state index in [1.165, 1.54) is 35.0 Å². The smallest absolute Gasteiger partial charge is 0.242 e. The second-order valence-corrected chi connectivity index (χ2v) is 9.79. The summed E-state index contributed by atoms with van der Waals surface area (Å²) < 4.78 is 2.26. The fraction of sp³-hybridized carbons (Fsp3) is 0.440. The summed E-state index contributed by atoms with van der Waals surface area (Å²) in [6.45, 7) is 2.84. The molecule has 9 heteroatoms. The van der Waals surface area contributed by atoms with Gasteiger partial charge < -0.3 is 9.88 Å². The van der Waals surface area contributed by atoms with Crippen LogP contribution in [0, 0.1) is 0 Å². The maximum absolute atomic E-state index is 13.0. The van der Waals surface area contributed by atoms with Gasteiger partial charge in [0.25, 0.3) is 0 Å². The van der Waals surface area contributed by atoms with Crippen molar-refractivity contribution in [3.8, 4) is 0 Å². The van der Waals surface area contributed by atoms with E-state index in [1.54, 1.807) is 0 Å². The Morgan fingerprint density at radius 2 is 1.88 bits per heavy atom. The van der Waals surface area contributed by atoms with E-state index in [0.29, 0.717) is 25.2 Å². The van der Waals surface area contributed by atoms with Crippen LogP contribution < -0.4 is 10.2 Å². The van der Waals surface area contributed by atoms with Crippen molar-refractivity contribution in [2.45, 2.75) is 37.8 Å². The number of fused-ring (bicyclic) bond motifs is 6. The van der Waals surface area contributed by atoms with Gasteiger partial charge in [0.05, 0.1) is 6.54 Å². The third-order valence-corrected chi connectivity index (χ3v) is 7.67. The first-order valence-corrected chi connectivity index (χ1v) is 12.0. The van der Waals surface area contributed by atoms with Gasteiger partial charge in [0.2, 0.25) is 5.91 Å². The number of piperazine rings is 1. The number of hydrogen-bond donors (Lipinski definition) is 1. The molecular formula is C25H30Cl3N5O. The molecule has 2 fully saturated rings. The van der Waals surface area contributed by atoms with Crippen molar-refractivity contribution in [1.82, 2.24) is 19.8 Å². The molecule has 2 bridgehead atoms. The van der Waals surface area contributed by atoms with E-state index in [2.05, 4.69) is 40.0 Å². The molecule has 2 saturated heterocycles. The van der Waals surface area contributed by atoms with Gasteiger partial charge in [-0.15, -0.1) is 24.8 Å². The Morgan fingerprint density at radius 1 is 1.09 bits per heavy atom. The van der Waals surface area contributed by atoms with Gasteiger partial charge in [0.1, 0.15) is 11.5 Å². The molecule has 1 amide bonds. The van der Waals surface area contributed by atoms with Gasteiger partial charge in [-0.2, -0.15) is 0 Å². The van der Waals surface area contributed by atoms with E-state index in [9.17, 15) is 4.79 Å². The molecule has 0 aliphatic carbocycles. The van der Waals surface area contributed by atoms with Crippen LogP contribution in [0.1, 0.15) is 35.7 Å². The van der Waals surface area contributed by atoms with Crippen LogP contribution in [0.25, 0.3) is 11.0 Å². The maximum Gasteiger partial charge on any atom is 0.242 e. The van der Waals surface area contributed by atoms with Crippen molar-refractivity contribution in [2.75, 3.05) is 31.1 Å². The monoisotopic (exact) mass is 521 g/mol. The predicted octanol–water partition coefficient (Wildman–Crippen LogP) is 4.31. The lowest BCUT2D eigenvalue weighted by molar-refractivity contribution is -0.121. The number of pyridine rings is 1. The quantitative estimate of drug-likeness (QED) is 0.555. The summed E-state index contributed by atoms with van der Waals surface area (Å²) in [5.41, 5.74) is 5.08. The summed E-state index contributed by atoms with van der Waals surface area (Å²) in [5, 5.41) is 5.74. The van der Waals surface area contributed by atoms with Crippen molar-refractivity contribution < 1.29 is 4.79 Å². The van der Waals surface area contributed by atoms with E-state index in [-0.39, 0.29) is 30.7 Å². The molecule has 2 unspecified atom stereocenters. The summed E-state index contributed by atoms with van der Waals surface area (Å²) in [5.74, 6) is 0.898. The van der Waals surface area contributed by atoms with Crippen LogP contribution >= 0.6 is 36.4 Å². The van der Waals surface area contributed by atoms with Crippen molar-refractivity contribution in [3.05, 3.63) is 58.2 Å². The zero-order valence-corrected chi connectivity index (χ0v) is 21.6. The minimum atomic E-state index is 0. The Hall–Kier alpha value is -1.83. The molecule has 5 heterocycles. The lowest BCUT2D eigenvalue weighted by atomic mass is 10.00. The van der Waals surface area contributed by atoms with Crippen LogP contribution in [0.3, 0.4) is 0 Å². The Morgan fingerprint density at radius 3 is 2.65 bits per heavy atom. The first kappa shape index (κ1) is 25.3. The Balaban J connectivity index is 0.00000137. The van der Waals surface area contributed by atoms with Gasteiger partial charge in [-0.3, -0.25) is 14.6 Å². The van der Waals surface area contributed by atoms with E-state index >= 15 is 0 Å². The zero-order valence-electron chi connectivity index (χ0n) is 19.2. The fourth-order valence-corrected chi connectivity index (χ4v) is 5.81. The first-order valence-electron chi connectivity index (χ1n) is 11.6. The normalized spacial score (nSPS) is 21.8. The van der Waals surface area contributed by atoms with E-state index in [4.69, 9.17) is 16.6 Å². The third-order valence-electron chi connectivity index (χ3n) is 7.42. The average molecular weight is 523 g/mol. The SMILES string of the molecule is Cl.Cl.Cn1c2c(c3ccc(N4CCN(CCc5ccc(Cl)cc5)CC4=O)nc31)C1CCC(C2)N1. The van der Waals surface area contributed by atoms with E-state index in [0.717, 1.165) is 42.4 Å². The minimum Gasteiger partial charge on any atom is -0.332 e. The standard InChI is InChI=1S/C25H28ClN5O.2ClH/c1-29-21-14-18-6-8-20(27-18)24(21)19-7-9-22(28-25(19)29)31-13-12-30(15-23(31)32)11-10-16-2-4-17(26)5-3-16;;/h2-5,7,9,18,20,27H,6,8,10-15H2,1H3;2*1H. The molecule has 6 rings (SSSR count). The topological polar surface area (TPSA) is 53.4 Å². The van der Waals surface area contributed by atoms with Crippen LogP contribution in [0.15, 0.2) is 36.4 Å². The van der Waals surface area contributed by atoms with Gasteiger partial charge in [-0.25, -0.2) is 4.98 Å². The number of aromatic nitrogens is 2. The molecule has 2 aromatic heterocycles. The number of nitrogens with zero attached hydrogens (tertiary/aromatic N) is 4.